The first-order valence-corrected chi connectivity index (χ1v) is 17.4. The number of anilines is 1. The molecule has 11 nitrogen and oxygen atoms in total. The first-order chi connectivity index (χ1) is 22.8. The summed E-state index contributed by atoms with van der Waals surface area (Å²) in [6.45, 7) is 14.3. The van der Waals surface area contributed by atoms with Crippen molar-refractivity contribution >= 4 is 39.3 Å². The van der Waals surface area contributed by atoms with Crippen molar-refractivity contribution in [3.63, 3.8) is 0 Å². The van der Waals surface area contributed by atoms with Crippen molar-refractivity contribution < 1.29 is 40.8 Å². The molecule has 0 saturated carbocycles. The van der Waals surface area contributed by atoms with Gasteiger partial charge in [0.2, 0.25) is 11.8 Å². The number of alkyl halides is 3. The Labute approximate surface area is 292 Å². The van der Waals surface area contributed by atoms with Gasteiger partial charge in [-0.05, 0) is 49.1 Å². The fraction of sp³-hybridized carbons (Fsp3) is 0.486. The molecule has 2 rings (SSSR count). The van der Waals surface area contributed by atoms with E-state index in [1.807, 2.05) is 69.7 Å². The zero-order chi connectivity index (χ0) is 38.4. The number of likely N-dealkylation sites (N-methyl/N-ethyl adjacent to an activating group) is 2. The summed E-state index contributed by atoms with van der Waals surface area (Å²) in [5, 5.41) is 7.60. The van der Waals surface area contributed by atoms with E-state index in [0.717, 1.165) is 29.8 Å². The molecule has 0 fully saturated rings. The summed E-state index contributed by atoms with van der Waals surface area (Å²) in [6, 6.07) is 11.1. The van der Waals surface area contributed by atoms with Crippen molar-refractivity contribution in [2.24, 2.45) is 11.3 Å². The van der Waals surface area contributed by atoms with Crippen LogP contribution in [0.2, 0.25) is 0 Å². The third-order valence-corrected chi connectivity index (χ3v) is 9.66. The third kappa shape index (κ3) is 10.6. The lowest BCUT2D eigenvalue weighted by atomic mass is 9.76. The minimum atomic E-state index is -5.20. The largest absolute Gasteiger partial charge is 0.471 e. The number of hydrogen-bond donors (Lipinski definition) is 4. The van der Waals surface area contributed by atoms with Crippen LogP contribution in [0.15, 0.2) is 71.1 Å². The number of hydrogen-bond acceptors (Lipinski definition) is 7. The second-order valence-electron chi connectivity index (χ2n) is 14.1. The van der Waals surface area contributed by atoms with E-state index in [0.29, 0.717) is 0 Å². The van der Waals surface area contributed by atoms with Crippen LogP contribution >= 0.6 is 0 Å². The molecule has 0 aliphatic rings. The smallest absolute Gasteiger partial charge is 0.342 e. The molecule has 2 aromatic carbocycles. The number of carbonyl (C=O) groups is 4. The van der Waals surface area contributed by atoms with Crippen molar-refractivity contribution in [3.05, 3.63) is 71.8 Å². The molecule has 4 N–H and O–H groups in total. The number of sulfonamides is 1. The molecule has 276 valence electrons. The van der Waals surface area contributed by atoms with Crippen LogP contribution in [0, 0.1) is 11.3 Å². The summed E-state index contributed by atoms with van der Waals surface area (Å²) in [4.78, 5) is 53.1. The minimum absolute atomic E-state index is 0.0651. The number of amides is 4. The summed E-state index contributed by atoms with van der Waals surface area (Å²) in [7, 11) is -1.39. The average molecular weight is 724 g/mol. The number of rotatable bonds is 13. The van der Waals surface area contributed by atoms with Gasteiger partial charge in [-0.2, -0.15) is 13.2 Å². The highest BCUT2D eigenvalue weighted by molar-refractivity contribution is 7.90. The van der Waals surface area contributed by atoms with Crippen molar-refractivity contribution in [2.45, 2.75) is 90.0 Å². The lowest BCUT2D eigenvalue weighted by Gasteiger charge is -2.40. The van der Waals surface area contributed by atoms with Gasteiger partial charge in [0.1, 0.15) is 6.04 Å². The van der Waals surface area contributed by atoms with Gasteiger partial charge in [0, 0.05) is 23.7 Å². The molecule has 0 aliphatic heterocycles. The maximum Gasteiger partial charge on any atom is 0.471 e. The van der Waals surface area contributed by atoms with Gasteiger partial charge in [-0.25, -0.2) is 13.1 Å². The SMILES string of the molecule is CN[C@H](C(=O)N[C@H](C(=O)N(C)[C@H](C=C(C)C(=O)NS(=O)(=O)c1cccc(NC(=O)C(F)(F)F)c1)C(C)C)C(C)(C)C)C(C)(C)c1ccccc1. The van der Waals surface area contributed by atoms with Crippen LogP contribution in [0.5, 0.6) is 0 Å². The summed E-state index contributed by atoms with van der Waals surface area (Å²) >= 11 is 0. The van der Waals surface area contributed by atoms with Gasteiger partial charge in [-0.1, -0.05) is 90.9 Å². The van der Waals surface area contributed by atoms with Crippen LogP contribution in [0.3, 0.4) is 0 Å². The van der Waals surface area contributed by atoms with E-state index in [1.54, 1.807) is 26.2 Å². The quantitative estimate of drug-likeness (QED) is 0.222. The van der Waals surface area contributed by atoms with Crippen molar-refractivity contribution in [3.8, 4) is 0 Å². The number of nitrogens with one attached hydrogen (secondary N) is 4. The van der Waals surface area contributed by atoms with E-state index >= 15 is 0 Å². The second kappa shape index (κ2) is 16.2. The average Bonchev–Trinajstić information content (AvgIpc) is 3.01. The molecule has 2 aromatic rings. The molecular weight excluding hydrogens is 675 g/mol. The Hall–Kier alpha value is -4.24. The van der Waals surface area contributed by atoms with Gasteiger partial charge in [-0.3, -0.25) is 19.2 Å². The second-order valence-corrected chi connectivity index (χ2v) is 15.7. The molecule has 0 saturated heterocycles. The van der Waals surface area contributed by atoms with Gasteiger partial charge >= 0.3 is 12.1 Å². The Kier molecular flexibility index (Phi) is 13.6. The fourth-order valence-corrected chi connectivity index (χ4v) is 6.43. The summed E-state index contributed by atoms with van der Waals surface area (Å²) in [6.07, 6.45) is -3.76. The molecule has 15 heteroatoms. The van der Waals surface area contributed by atoms with E-state index in [4.69, 9.17) is 0 Å². The monoisotopic (exact) mass is 723 g/mol. The minimum Gasteiger partial charge on any atom is -0.342 e. The number of benzene rings is 2. The first-order valence-electron chi connectivity index (χ1n) is 15.9. The zero-order valence-electron chi connectivity index (χ0n) is 30.0. The van der Waals surface area contributed by atoms with Crippen LogP contribution in [-0.2, 0) is 34.6 Å². The van der Waals surface area contributed by atoms with Crippen molar-refractivity contribution in [2.75, 3.05) is 19.4 Å². The van der Waals surface area contributed by atoms with Gasteiger partial charge in [0.15, 0.2) is 0 Å². The van der Waals surface area contributed by atoms with E-state index in [2.05, 4.69) is 10.6 Å². The van der Waals surface area contributed by atoms with Crippen LogP contribution in [0.1, 0.15) is 61.0 Å². The first kappa shape index (κ1) is 41.9. The van der Waals surface area contributed by atoms with Crippen LogP contribution < -0.4 is 20.7 Å². The fourth-order valence-electron chi connectivity index (χ4n) is 5.37. The van der Waals surface area contributed by atoms with E-state index in [-0.39, 0.29) is 17.4 Å². The lowest BCUT2D eigenvalue weighted by molar-refractivity contribution is -0.167. The zero-order valence-corrected chi connectivity index (χ0v) is 30.8. The highest BCUT2D eigenvalue weighted by Gasteiger charge is 2.42. The number of carbonyl (C=O) groups excluding carboxylic acids is 4. The maximum atomic E-state index is 14.1. The predicted molar refractivity (Wildman–Crippen MR) is 185 cm³/mol. The Morgan fingerprint density at radius 2 is 1.46 bits per heavy atom. The predicted octanol–water partition coefficient (Wildman–Crippen LogP) is 4.52. The Morgan fingerprint density at radius 1 is 0.880 bits per heavy atom. The van der Waals surface area contributed by atoms with Crippen LogP contribution in [-0.4, -0.2) is 75.3 Å². The maximum absolute atomic E-state index is 14.1. The Morgan fingerprint density at radius 3 is 1.96 bits per heavy atom. The van der Waals surface area contributed by atoms with Crippen LogP contribution in [0.25, 0.3) is 0 Å². The number of halogens is 3. The molecule has 0 aliphatic carbocycles. The normalized spacial score (nSPS) is 14.7. The van der Waals surface area contributed by atoms with Crippen LogP contribution in [0.4, 0.5) is 18.9 Å². The molecule has 0 heterocycles. The van der Waals surface area contributed by atoms with Gasteiger partial charge < -0.3 is 20.9 Å². The van der Waals surface area contributed by atoms with Crippen molar-refractivity contribution in [1.29, 1.82) is 0 Å². The molecule has 0 unspecified atom stereocenters. The Balaban J connectivity index is 2.33. The molecule has 0 bridgehead atoms. The van der Waals surface area contributed by atoms with Gasteiger partial charge in [0.25, 0.3) is 15.9 Å². The molecule has 50 heavy (non-hydrogen) atoms. The standard InChI is InChI=1S/C35H48F3N5O6S/c1-21(2)26(19-22(3)29(44)42-50(48,49)25-18-14-17-24(20-25)40-32(47)35(36,37)38)43(10)31(46)28(33(4,5)6)41-30(45)27(39-9)34(7,8)23-15-12-11-13-16-23/h11-21,26-28,39H,1-10H3,(H,40,47)(H,41,45)(H,42,44)/t26-,27-,28-/m1/s1. The van der Waals surface area contributed by atoms with Gasteiger partial charge in [0.05, 0.1) is 17.0 Å². The van der Waals surface area contributed by atoms with E-state index < -0.39 is 73.5 Å². The number of nitrogens with zero attached hydrogens (tertiary/aromatic N) is 1. The highest BCUT2D eigenvalue weighted by atomic mass is 32.2. The Bertz CT molecular complexity index is 1690. The molecule has 0 aromatic heterocycles. The highest BCUT2D eigenvalue weighted by Crippen LogP contribution is 2.29. The summed E-state index contributed by atoms with van der Waals surface area (Å²) in [5.41, 5.74) is -0.975. The topological polar surface area (TPSA) is 154 Å². The van der Waals surface area contributed by atoms with E-state index in [1.165, 1.54) is 24.9 Å². The molecule has 3 atom stereocenters. The molecule has 4 amide bonds. The third-order valence-electron chi connectivity index (χ3n) is 8.33. The summed E-state index contributed by atoms with van der Waals surface area (Å²) < 4.78 is 65.8. The van der Waals surface area contributed by atoms with Gasteiger partial charge in [-0.15, -0.1) is 0 Å². The molecule has 0 radical (unpaired) electrons. The molecule has 0 spiro atoms. The van der Waals surface area contributed by atoms with Crippen molar-refractivity contribution in [1.82, 2.24) is 20.3 Å². The molecular formula is C35H48F3N5O6S. The summed E-state index contributed by atoms with van der Waals surface area (Å²) in [5.74, 6) is -4.42. The van der Waals surface area contributed by atoms with E-state index in [9.17, 15) is 40.8 Å². The lowest BCUT2D eigenvalue weighted by Crippen LogP contribution is -2.61.